The van der Waals surface area contributed by atoms with Crippen molar-refractivity contribution in [2.45, 2.75) is 20.0 Å². The van der Waals surface area contributed by atoms with Gasteiger partial charge in [-0.3, -0.25) is 0 Å². The number of nitrogens with zero attached hydrogens (tertiary/aromatic N) is 1. The Hall–Kier alpha value is -2.04. The molecule has 2 N–H and O–H groups in total. The van der Waals surface area contributed by atoms with Crippen molar-refractivity contribution in [3.05, 3.63) is 59.5 Å². The Morgan fingerprint density at radius 3 is 2.71 bits per heavy atom. The summed E-state index contributed by atoms with van der Waals surface area (Å²) in [6.07, 6.45) is 0. The second-order valence-electron chi connectivity index (χ2n) is 4.82. The molecule has 1 heterocycles. The van der Waals surface area contributed by atoms with Crippen molar-refractivity contribution in [3.63, 3.8) is 0 Å². The summed E-state index contributed by atoms with van der Waals surface area (Å²) in [5.41, 5.74) is 1.77. The molecule has 0 saturated carbocycles. The highest BCUT2D eigenvalue weighted by Gasteiger charge is 2.07. The zero-order chi connectivity index (χ0) is 13.9. The van der Waals surface area contributed by atoms with Crippen LogP contribution in [0.3, 0.4) is 0 Å². The fourth-order valence-corrected chi connectivity index (χ4v) is 2.33. The minimum atomic E-state index is 0. The number of hydrogen-bond acceptors (Lipinski definition) is 4. The lowest BCUT2D eigenvalue weighted by Crippen LogP contribution is -2.13. The highest BCUT2D eigenvalue weighted by Crippen LogP contribution is 2.26. The van der Waals surface area contributed by atoms with E-state index in [9.17, 15) is 5.11 Å². The molecule has 0 spiro atoms. The standard InChI is InChI=1S/C16H16N2O2.ClH/c1-11-8-13(18-20-11)9-17-10-15-14-5-3-2-4-12(14)6-7-16(15)19;/h2-8,17,19H,9-10H2,1H3;1H. The lowest BCUT2D eigenvalue weighted by molar-refractivity contribution is 0.388. The molecule has 5 heteroatoms. The average Bonchev–Trinajstić information content (AvgIpc) is 2.87. The summed E-state index contributed by atoms with van der Waals surface area (Å²) in [4.78, 5) is 0. The van der Waals surface area contributed by atoms with Crippen LogP contribution in [0.5, 0.6) is 5.75 Å². The molecule has 0 radical (unpaired) electrons. The third-order valence-electron chi connectivity index (χ3n) is 3.30. The Morgan fingerprint density at radius 1 is 1.14 bits per heavy atom. The van der Waals surface area contributed by atoms with Gasteiger partial charge in [-0.05, 0) is 23.8 Å². The van der Waals surface area contributed by atoms with Gasteiger partial charge < -0.3 is 14.9 Å². The first-order valence-corrected chi connectivity index (χ1v) is 6.56. The van der Waals surface area contributed by atoms with Crippen molar-refractivity contribution in [2.75, 3.05) is 0 Å². The lowest BCUT2D eigenvalue weighted by atomic mass is 10.0. The Morgan fingerprint density at radius 2 is 1.95 bits per heavy atom. The predicted molar refractivity (Wildman–Crippen MR) is 84.6 cm³/mol. The molecule has 0 amide bonds. The second-order valence-corrected chi connectivity index (χ2v) is 4.82. The van der Waals surface area contributed by atoms with E-state index in [2.05, 4.69) is 10.5 Å². The summed E-state index contributed by atoms with van der Waals surface area (Å²) >= 11 is 0. The van der Waals surface area contributed by atoms with Crippen molar-refractivity contribution in [1.29, 1.82) is 0 Å². The third-order valence-corrected chi connectivity index (χ3v) is 3.30. The van der Waals surface area contributed by atoms with E-state index in [1.807, 2.05) is 43.3 Å². The number of phenolic OH excluding ortho intramolecular Hbond substituents is 1. The van der Waals surface area contributed by atoms with Crippen LogP contribution in [0.4, 0.5) is 0 Å². The number of aromatic nitrogens is 1. The fraction of sp³-hybridized carbons (Fsp3) is 0.188. The average molecular weight is 305 g/mol. The predicted octanol–water partition coefficient (Wildman–Crippen LogP) is 3.55. The van der Waals surface area contributed by atoms with Crippen molar-refractivity contribution >= 4 is 23.2 Å². The Kier molecular flexibility index (Phi) is 4.83. The molecule has 3 aromatic rings. The first-order valence-electron chi connectivity index (χ1n) is 6.56. The molecule has 110 valence electrons. The number of rotatable bonds is 4. The molecule has 0 aliphatic carbocycles. The number of hydrogen-bond donors (Lipinski definition) is 2. The van der Waals surface area contributed by atoms with Crippen LogP contribution >= 0.6 is 12.4 Å². The van der Waals surface area contributed by atoms with Crippen LogP contribution in [-0.4, -0.2) is 10.3 Å². The van der Waals surface area contributed by atoms with Gasteiger partial charge in [-0.2, -0.15) is 0 Å². The molecule has 0 aliphatic rings. The van der Waals surface area contributed by atoms with Gasteiger partial charge in [-0.15, -0.1) is 12.4 Å². The summed E-state index contributed by atoms with van der Waals surface area (Å²) < 4.78 is 5.02. The van der Waals surface area contributed by atoms with Crippen LogP contribution in [0.2, 0.25) is 0 Å². The minimum Gasteiger partial charge on any atom is -0.508 e. The first kappa shape index (κ1) is 15.4. The molecule has 0 bridgehead atoms. The first-order chi connectivity index (χ1) is 9.74. The summed E-state index contributed by atoms with van der Waals surface area (Å²) in [5.74, 6) is 1.11. The highest BCUT2D eigenvalue weighted by molar-refractivity contribution is 5.87. The second kappa shape index (κ2) is 6.61. The van der Waals surface area contributed by atoms with Crippen molar-refractivity contribution in [2.24, 2.45) is 0 Å². The number of aryl methyl sites for hydroxylation is 1. The normalized spacial score (nSPS) is 10.5. The van der Waals surface area contributed by atoms with Crippen LogP contribution in [0.15, 0.2) is 47.0 Å². The van der Waals surface area contributed by atoms with E-state index in [-0.39, 0.29) is 12.4 Å². The van der Waals surface area contributed by atoms with Gasteiger partial charge >= 0.3 is 0 Å². The van der Waals surface area contributed by atoms with Crippen LogP contribution < -0.4 is 5.32 Å². The van der Waals surface area contributed by atoms with Gasteiger partial charge in [-0.1, -0.05) is 35.5 Å². The smallest absolute Gasteiger partial charge is 0.133 e. The van der Waals surface area contributed by atoms with E-state index < -0.39 is 0 Å². The van der Waals surface area contributed by atoms with Gasteiger partial charge in [0.05, 0.1) is 5.69 Å². The Balaban J connectivity index is 0.00000161. The van der Waals surface area contributed by atoms with Gasteiger partial charge in [0, 0.05) is 24.7 Å². The maximum Gasteiger partial charge on any atom is 0.133 e. The van der Waals surface area contributed by atoms with Crippen LogP contribution in [-0.2, 0) is 13.1 Å². The quantitative estimate of drug-likeness (QED) is 0.774. The molecule has 0 fully saturated rings. The lowest BCUT2D eigenvalue weighted by Gasteiger charge is -2.09. The topological polar surface area (TPSA) is 58.3 Å². The number of halogens is 1. The zero-order valence-corrected chi connectivity index (χ0v) is 12.5. The maximum absolute atomic E-state index is 10.0. The number of benzene rings is 2. The maximum atomic E-state index is 10.0. The van der Waals surface area contributed by atoms with E-state index in [4.69, 9.17) is 4.52 Å². The van der Waals surface area contributed by atoms with E-state index in [0.717, 1.165) is 27.8 Å². The molecule has 0 aliphatic heterocycles. The van der Waals surface area contributed by atoms with Crippen molar-refractivity contribution in [1.82, 2.24) is 10.5 Å². The molecule has 0 saturated heterocycles. The van der Waals surface area contributed by atoms with Gasteiger partial charge in [-0.25, -0.2) is 0 Å². The Labute approximate surface area is 129 Å². The van der Waals surface area contributed by atoms with Crippen LogP contribution in [0.25, 0.3) is 10.8 Å². The van der Waals surface area contributed by atoms with E-state index in [0.29, 0.717) is 18.8 Å². The minimum absolute atomic E-state index is 0. The summed E-state index contributed by atoms with van der Waals surface area (Å²) in [7, 11) is 0. The zero-order valence-electron chi connectivity index (χ0n) is 11.7. The van der Waals surface area contributed by atoms with Crippen molar-refractivity contribution < 1.29 is 9.63 Å². The SMILES string of the molecule is Cc1cc(CNCc2c(O)ccc3ccccc23)no1.Cl. The summed E-state index contributed by atoms with van der Waals surface area (Å²) in [5, 5.41) is 19.4. The molecule has 2 aromatic carbocycles. The van der Waals surface area contributed by atoms with Gasteiger partial charge in [0.1, 0.15) is 11.5 Å². The van der Waals surface area contributed by atoms with Crippen molar-refractivity contribution in [3.8, 4) is 5.75 Å². The largest absolute Gasteiger partial charge is 0.508 e. The Bertz CT molecular complexity index is 740. The molecular formula is C16H17ClN2O2. The third kappa shape index (κ3) is 3.35. The molecule has 4 nitrogen and oxygen atoms in total. The van der Waals surface area contributed by atoms with Gasteiger partial charge in [0.15, 0.2) is 0 Å². The number of aromatic hydroxyl groups is 1. The molecule has 3 rings (SSSR count). The molecular weight excluding hydrogens is 288 g/mol. The fourth-order valence-electron chi connectivity index (χ4n) is 2.33. The van der Waals surface area contributed by atoms with Gasteiger partial charge in [0.2, 0.25) is 0 Å². The highest BCUT2D eigenvalue weighted by atomic mass is 35.5. The summed E-state index contributed by atoms with van der Waals surface area (Å²) in [6.45, 7) is 3.06. The van der Waals surface area contributed by atoms with Crippen LogP contribution in [0.1, 0.15) is 17.0 Å². The monoisotopic (exact) mass is 304 g/mol. The molecule has 21 heavy (non-hydrogen) atoms. The van der Waals surface area contributed by atoms with Gasteiger partial charge in [0.25, 0.3) is 0 Å². The number of phenols is 1. The number of nitrogens with one attached hydrogen (secondary N) is 1. The molecule has 0 unspecified atom stereocenters. The van der Waals surface area contributed by atoms with E-state index in [1.165, 1.54) is 0 Å². The summed E-state index contributed by atoms with van der Waals surface area (Å²) in [6, 6.07) is 13.6. The van der Waals surface area contributed by atoms with E-state index >= 15 is 0 Å². The van der Waals surface area contributed by atoms with E-state index in [1.54, 1.807) is 6.07 Å². The van der Waals surface area contributed by atoms with Crippen LogP contribution in [0, 0.1) is 6.92 Å². The molecule has 1 aromatic heterocycles. The number of fused-ring (bicyclic) bond motifs is 1. The molecule has 0 atom stereocenters.